The minimum Gasteiger partial charge on any atom is -0.493 e. The first-order chi connectivity index (χ1) is 7.24. The van der Waals surface area contributed by atoms with E-state index in [9.17, 15) is 5.11 Å². The Hall–Kier alpha value is -0.850. The summed E-state index contributed by atoms with van der Waals surface area (Å²) in [6, 6.07) is 1.53. The summed E-state index contributed by atoms with van der Waals surface area (Å²) in [7, 11) is 0. The van der Waals surface area contributed by atoms with Gasteiger partial charge in [-0.15, -0.1) is 23.7 Å². The van der Waals surface area contributed by atoms with Crippen molar-refractivity contribution in [3.63, 3.8) is 0 Å². The number of thioether (sulfide) groups is 1. The van der Waals surface area contributed by atoms with E-state index in [2.05, 4.69) is 15.0 Å². The zero-order chi connectivity index (χ0) is 10.7. The van der Waals surface area contributed by atoms with Gasteiger partial charge in [0.2, 0.25) is 5.88 Å². The van der Waals surface area contributed by atoms with Crippen LogP contribution in [-0.2, 0) is 5.75 Å². The van der Waals surface area contributed by atoms with E-state index in [0.717, 1.165) is 17.1 Å². The van der Waals surface area contributed by atoms with Crippen LogP contribution in [0.4, 0.5) is 0 Å². The lowest BCUT2D eigenvalue weighted by molar-refractivity contribution is 0.444. The predicted molar refractivity (Wildman–Crippen MR) is 67.4 cm³/mol. The number of halogens is 1. The van der Waals surface area contributed by atoms with Crippen LogP contribution in [0.1, 0.15) is 11.4 Å². The van der Waals surface area contributed by atoms with E-state index in [4.69, 9.17) is 0 Å². The fraction of sp³-hybridized carbons (Fsp3) is 0.222. The molecule has 0 fully saturated rings. The molecular weight excluding hydrogens is 266 g/mol. The van der Waals surface area contributed by atoms with E-state index in [1.165, 1.54) is 17.8 Å². The highest BCUT2D eigenvalue weighted by Crippen LogP contribution is 2.21. The molecule has 0 saturated heterocycles. The summed E-state index contributed by atoms with van der Waals surface area (Å²) in [4.78, 5) is 12.3. The maximum Gasteiger partial charge on any atom is 0.215 e. The average molecular weight is 276 g/mol. The molecule has 1 N–H and O–H groups in total. The summed E-state index contributed by atoms with van der Waals surface area (Å²) in [6.07, 6.45) is 0. The molecule has 2 aromatic rings. The Morgan fingerprint density at radius 2 is 2.25 bits per heavy atom. The number of rotatable bonds is 3. The molecule has 0 saturated carbocycles. The van der Waals surface area contributed by atoms with Crippen LogP contribution in [0.25, 0.3) is 0 Å². The number of aromatic nitrogens is 3. The fourth-order valence-corrected chi connectivity index (χ4v) is 2.50. The molecule has 86 valence electrons. The van der Waals surface area contributed by atoms with Gasteiger partial charge in [-0.2, -0.15) is 4.98 Å². The third kappa shape index (κ3) is 3.62. The standard InChI is InChI=1S/C9H9N3OS2.ClH/c1-6-2-8(13)12-9(11-6)15-4-7-3-14-5-10-7;/h2-3,5H,4H2,1H3,(H,11,12,13);1H. The highest BCUT2D eigenvalue weighted by atomic mass is 35.5. The molecule has 0 aliphatic carbocycles. The molecule has 2 aromatic heterocycles. The second kappa shape index (κ2) is 6.03. The second-order valence-corrected chi connectivity index (χ2v) is 4.58. The predicted octanol–water partition coefficient (Wildman–Crippen LogP) is 2.66. The summed E-state index contributed by atoms with van der Waals surface area (Å²) in [5.41, 5.74) is 3.57. The molecule has 7 heteroatoms. The maximum absolute atomic E-state index is 9.27. The van der Waals surface area contributed by atoms with Crippen molar-refractivity contribution < 1.29 is 5.11 Å². The van der Waals surface area contributed by atoms with Crippen molar-refractivity contribution in [1.82, 2.24) is 15.0 Å². The lowest BCUT2D eigenvalue weighted by Gasteiger charge is -2.00. The van der Waals surface area contributed by atoms with Crippen LogP contribution in [0, 0.1) is 6.92 Å². The van der Waals surface area contributed by atoms with Crippen LogP contribution < -0.4 is 0 Å². The quantitative estimate of drug-likeness (QED) is 0.689. The monoisotopic (exact) mass is 275 g/mol. The number of aryl methyl sites for hydroxylation is 1. The molecule has 0 aromatic carbocycles. The first-order valence-electron chi connectivity index (χ1n) is 4.28. The molecule has 16 heavy (non-hydrogen) atoms. The van der Waals surface area contributed by atoms with E-state index < -0.39 is 0 Å². The van der Waals surface area contributed by atoms with Gasteiger partial charge in [-0.25, -0.2) is 9.97 Å². The fourth-order valence-electron chi connectivity index (χ4n) is 1.04. The molecule has 0 aliphatic heterocycles. The zero-order valence-corrected chi connectivity index (χ0v) is 10.9. The van der Waals surface area contributed by atoms with Crippen LogP contribution in [0.5, 0.6) is 5.88 Å². The van der Waals surface area contributed by atoms with E-state index >= 15 is 0 Å². The van der Waals surface area contributed by atoms with Gasteiger partial charge in [-0.1, -0.05) is 11.8 Å². The molecule has 0 spiro atoms. The molecule has 0 unspecified atom stereocenters. The van der Waals surface area contributed by atoms with Gasteiger partial charge in [0.15, 0.2) is 5.16 Å². The van der Waals surface area contributed by atoms with Crippen LogP contribution in [0.2, 0.25) is 0 Å². The van der Waals surface area contributed by atoms with Gasteiger partial charge >= 0.3 is 0 Å². The highest BCUT2D eigenvalue weighted by Gasteiger charge is 2.03. The van der Waals surface area contributed by atoms with Crippen molar-refractivity contribution in [1.29, 1.82) is 0 Å². The molecule has 2 heterocycles. The Balaban J connectivity index is 0.00000128. The van der Waals surface area contributed by atoms with E-state index in [1.54, 1.807) is 16.8 Å². The first kappa shape index (κ1) is 13.2. The molecular formula is C9H10ClN3OS2. The van der Waals surface area contributed by atoms with Gasteiger partial charge in [-0.05, 0) is 6.92 Å². The number of aromatic hydroxyl groups is 1. The van der Waals surface area contributed by atoms with Crippen molar-refractivity contribution in [2.24, 2.45) is 0 Å². The minimum absolute atomic E-state index is 0. The van der Waals surface area contributed by atoms with Crippen molar-refractivity contribution in [2.45, 2.75) is 17.8 Å². The zero-order valence-electron chi connectivity index (χ0n) is 8.45. The third-order valence-corrected chi connectivity index (χ3v) is 3.17. The lowest BCUT2D eigenvalue weighted by atomic mass is 10.4. The molecule has 0 amide bonds. The van der Waals surface area contributed by atoms with Crippen molar-refractivity contribution >= 4 is 35.5 Å². The highest BCUT2D eigenvalue weighted by molar-refractivity contribution is 7.98. The lowest BCUT2D eigenvalue weighted by Crippen LogP contribution is -1.90. The number of thiazole rings is 1. The van der Waals surface area contributed by atoms with Gasteiger partial charge < -0.3 is 5.11 Å². The van der Waals surface area contributed by atoms with Crippen molar-refractivity contribution in [2.75, 3.05) is 0 Å². The van der Waals surface area contributed by atoms with E-state index in [0.29, 0.717) is 5.16 Å². The summed E-state index contributed by atoms with van der Waals surface area (Å²) in [6.45, 7) is 1.83. The molecule has 0 aliphatic rings. The number of hydrogen-bond donors (Lipinski definition) is 1. The molecule has 0 bridgehead atoms. The summed E-state index contributed by atoms with van der Waals surface area (Å²) >= 11 is 3.03. The summed E-state index contributed by atoms with van der Waals surface area (Å²) < 4.78 is 0. The largest absolute Gasteiger partial charge is 0.493 e. The topological polar surface area (TPSA) is 58.9 Å². The third-order valence-electron chi connectivity index (χ3n) is 1.65. The maximum atomic E-state index is 9.27. The van der Waals surface area contributed by atoms with Crippen LogP contribution in [-0.4, -0.2) is 20.1 Å². The minimum atomic E-state index is 0. The summed E-state index contributed by atoms with van der Waals surface area (Å²) in [5.74, 6) is 0.745. The Kier molecular flexibility index (Phi) is 4.98. The Bertz CT molecular complexity index is 430. The summed E-state index contributed by atoms with van der Waals surface area (Å²) in [5, 5.41) is 11.8. The smallest absolute Gasteiger partial charge is 0.215 e. The SMILES string of the molecule is Cc1cc(O)nc(SCc2cscn2)n1.Cl. The normalized spacial score (nSPS) is 9.81. The van der Waals surface area contributed by atoms with Gasteiger partial charge in [0.1, 0.15) is 0 Å². The first-order valence-corrected chi connectivity index (χ1v) is 6.21. The van der Waals surface area contributed by atoms with E-state index in [-0.39, 0.29) is 18.3 Å². The molecule has 0 radical (unpaired) electrons. The van der Waals surface area contributed by atoms with Gasteiger partial charge in [0.25, 0.3) is 0 Å². The van der Waals surface area contributed by atoms with Gasteiger partial charge in [0.05, 0.1) is 11.2 Å². The van der Waals surface area contributed by atoms with Crippen molar-refractivity contribution in [3.05, 3.63) is 28.3 Å². The number of hydrogen-bond acceptors (Lipinski definition) is 6. The number of nitrogens with zero attached hydrogens (tertiary/aromatic N) is 3. The van der Waals surface area contributed by atoms with E-state index in [1.807, 2.05) is 12.3 Å². The molecule has 0 atom stereocenters. The Labute approximate surface area is 108 Å². The Morgan fingerprint density at radius 1 is 1.44 bits per heavy atom. The molecule has 2 rings (SSSR count). The van der Waals surface area contributed by atoms with Gasteiger partial charge in [0, 0.05) is 22.9 Å². The second-order valence-electron chi connectivity index (χ2n) is 2.92. The van der Waals surface area contributed by atoms with Crippen LogP contribution in [0.15, 0.2) is 22.1 Å². The average Bonchev–Trinajstić information content (AvgIpc) is 2.65. The van der Waals surface area contributed by atoms with Crippen LogP contribution >= 0.6 is 35.5 Å². The van der Waals surface area contributed by atoms with Crippen LogP contribution in [0.3, 0.4) is 0 Å². The molecule has 4 nitrogen and oxygen atoms in total. The van der Waals surface area contributed by atoms with Crippen molar-refractivity contribution in [3.8, 4) is 5.88 Å². The Morgan fingerprint density at radius 3 is 2.88 bits per heavy atom. The van der Waals surface area contributed by atoms with Gasteiger partial charge in [-0.3, -0.25) is 0 Å².